The zero-order chi connectivity index (χ0) is 13.9. The number of nitrogens with one attached hydrogen (secondary N) is 2. The van der Waals surface area contributed by atoms with Crippen molar-refractivity contribution < 1.29 is 8.42 Å². The molecule has 4 nitrogen and oxygen atoms in total. The topological polar surface area (TPSA) is 58.2 Å². The molecule has 0 spiro atoms. The molecule has 0 aromatic heterocycles. The molecule has 0 atom stereocenters. The average molecular weight is 300 g/mol. The van der Waals surface area contributed by atoms with E-state index in [-0.39, 0.29) is 0 Å². The van der Waals surface area contributed by atoms with Crippen LogP contribution in [-0.2, 0) is 10.0 Å². The van der Waals surface area contributed by atoms with Gasteiger partial charge in [-0.25, -0.2) is 8.42 Å². The van der Waals surface area contributed by atoms with E-state index in [4.69, 9.17) is 0 Å². The van der Waals surface area contributed by atoms with Gasteiger partial charge < -0.3 is 5.32 Å². The second-order valence-electron chi connectivity index (χ2n) is 4.93. The van der Waals surface area contributed by atoms with Gasteiger partial charge in [0.05, 0.1) is 11.9 Å². The van der Waals surface area contributed by atoms with Crippen LogP contribution in [0, 0.1) is 6.92 Å². The van der Waals surface area contributed by atoms with E-state index in [1.165, 1.54) is 24.3 Å². The maximum Gasteiger partial charge on any atom is 0.229 e. The first-order valence-corrected chi connectivity index (χ1v) is 9.41. The zero-order valence-corrected chi connectivity index (χ0v) is 12.9. The normalized spacial score (nSPS) is 17.2. The van der Waals surface area contributed by atoms with Gasteiger partial charge in [0, 0.05) is 11.7 Å². The molecule has 0 saturated carbocycles. The van der Waals surface area contributed by atoms with Crippen LogP contribution in [0.15, 0.2) is 18.2 Å². The van der Waals surface area contributed by atoms with Crippen LogP contribution in [0.2, 0.25) is 0 Å². The number of hydrogen-bond donors (Lipinski definition) is 2. The molecule has 1 saturated heterocycles. The fourth-order valence-corrected chi connectivity index (χ4v) is 3.88. The molecule has 1 aromatic carbocycles. The minimum atomic E-state index is -3.21. The Hall–Kier alpha value is -0.880. The molecule has 0 radical (unpaired) electrons. The summed E-state index contributed by atoms with van der Waals surface area (Å²) >= 11 is 2.00. The van der Waals surface area contributed by atoms with Gasteiger partial charge in [-0.1, -0.05) is 0 Å². The van der Waals surface area contributed by atoms with Gasteiger partial charge in [-0.15, -0.1) is 0 Å². The molecule has 1 aliphatic rings. The summed E-state index contributed by atoms with van der Waals surface area (Å²) in [4.78, 5) is 0. The predicted molar refractivity (Wildman–Crippen MR) is 83.6 cm³/mol. The van der Waals surface area contributed by atoms with E-state index < -0.39 is 10.0 Å². The van der Waals surface area contributed by atoms with E-state index in [2.05, 4.69) is 10.0 Å². The van der Waals surface area contributed by atoms with Crippen molar-refractivity contribution in [2.24, 2.45) is 0 Å². The number of aryl methyl sites for hydroxylation is 1. The first kappa shape index (κ1) is 14.5. The van der Waals surface area contributed by atoms with Gasteiger partial charge in [-0.3, -0.25) is 4.72 Å². The van der Waals surface area contributed by atoms with Gasteiger partial charge in [0.1, 0.15) is 0 Å². The molecular weight excluding hydrogens is 280 g/mol. The molecule has 1 aliphatic heterocycles. The van der Waals surface area contributed by atoms with Gasteiger partial charge >= 0.3 is 0 Å². The van der Waals surface area contributed by atoms with E-state index in [9.17, 15) is 8.42 Å². The van der Waals surface area contributed by atoms with E-state index >= 15 is 0 Å². The molecule has 2 rings (SSSR count). The lowest BCUT2D eigenvalue weighted by Crippen LogP contribution is -2.24. The number of rotatable bonds is 4. The Morgan fingerprint density at radius 1 is 1.26 bits per heavy atom. The Morgan fingerprint density at radius 2 is 1.95 bits per heavy atom. The summed E-state index contributed by atoms with van der Waals surface area (Å²) in [6, 6.07) is 6.28. The SMILES string of the molecule is Cc1cc(NC2CCSCC2)ccc1NS(C)(=O)=O. The highest BCUT2D eigenvalue weighted by Crippen LogP contribution is 2.24. The molecule has 0 unspecified atom stereocenters. The zero-order valence-electron chi connectivity index (χ0n) is 11.3. The van der Waals surface area contributed by atoms with Crippen molar-refractivity contribution in [3.05, 3.63) is 23.8 Å². The summed E-state index contributed by atoms with van der Waals surface area (Å²) in [5.74, 6) is 2.43. The first-order valence-electron chi connectivity index (χ1n) is 6.37. The van der Waals surface area contributed by atoms with Crippen LogP contribution in [0.25, 0.3) is 0 Å². The minimum absolute atomic E-state index is 0.536. The van der Waals surface area contributed by atoms with Gasteiger partial charge in [0.25, 0.3) is 0 Å². The molecule has 19 heavy (non-hydrogen) atoms. The minimum Gasteiger partial charge on any atom is -0.382 e. The second kappa shape index (κ2) is 6.05. The Kier molecular flexibility index (Phi) is 4.62. The summed E-state index contributed by atoms with van der Waals surface area (Å²) in [6.45, 7) is 1.91. The Bertz CT molecular complexity index is 538. The molecule has 2 N–H and O–H groups in total. The third-order valence-electron chi connectivity index (χ3n) is 3.11. The van der Waals surface area contributed by atoms with Crippen molar-refractivity contribution in [2.45, 2.75) is 25.8 Å². The molecule has 1 fully saturated rings. The standard InChI is InChI=1S/C13H20N2O2S2/c1-10-9-12(14-11-5-7-18-8-6-11)3-4-13(10)15-19(2,16)17/h3-4,9,11,14-15H,5-8H2,1-2H3. The highest BCUT2D eigenvalue weighted by Gasteiger charge is 2.13. The summed E-state index contributed by atoms with van der Waals surface area (Å²) in [6.07, 6.45) is 3.54. The number of hydrogen-bond acceptors (Lipinski definition) is 4. The maximum absolute atomic E-state index is 11.2. The fourth-order valence-electron chi connectivity index (χ4n) is 2.15. The van der Waals surface area contributed by atoms with Crippen LogP contribution in [0.1, 0.15) is 18.4 Å². The average Bonchev–Trinajstić information content (AvgIpc) is 2.33. The first-order chi connectivity index (χ1) is 8.94. The van der Waals surface area contributed by atoms with E-state index in [0.717, 1.165) is 17.5 Å². The smallest absolute Gasteiger partial charge is 0.229 e. The van der Waals surface area contributed by atoms with Gasteiger partial charge in [-0.2, -0.15) is 11.8 Å². The lowest BCUT2D eigenvalue weighted by molar-refractivity contribution is 0.607. The molecule has 0 amide bonds. The predicted octanol–water partition coefficient (Wildman–Crippen LogP) is 2.67. The number of sulfonamides is 1. The molecule has 1 heterocycles. The largest absolute Gasteiger partial charge is 0.382 e. The van der Waals surface area contributed by atoms with Crippen LogP contribution in [-0.4, -0.2) is 32.2 Å². The fraction of sp³-hybridized carbons (Fsp3) is 0.538. The lowest BCUT2D eigenvalue weighted by atomic mass is 10.1. The summed E-state index contributed by atoms with van der Waals surface area (Å²) in [5.41, 5.74) is 2.64. The summed E-state index contributed by atoms with van der Waals surface area (Å²) in [7, 11) is -3.21. The highest BCUT2D eigenvalue weighted by atomic mass is 32.2. The van der Waals surface area contributed by atoms with Crippen LogP contribution in [0.5, 0.6) is 0 Å². The van der Waals surface area contributed by atoms with Crippen molar-refractivity contribution in [1.29, 1.82) is 0 Å². The Labute approximate surface area is 119 Å². The van der Waals surface area contributed by atoms with Crippen LogP contribution in [0.3, 0.4) is 0 Å². The second-order valence-corrected chi connectivity index (χ2v) is 7.91. The molecule has 0 bridgehead atoms. The quantitative estimate of drug-likeness (QED) is 0.897. The Balaban J connectivity index is 2.05. The third-order valence-corrected chi connectivity index (χ3v) is 4.75. The van der Waals surface area contributed by atoms with Crippen molar-refractivity contribution in [2.75, 3.05) is 27.8 Å². The van der Waals surface area contributed by atoms with Gasteiger partial charge in [0.15, 0.2) is 0 Å². The van der Waals surface area contributed by atoms with Crippen LogP contribution in [0.4, 0.5) is 11.4 Å². The van der Waals surface area contributed by atoms with Gasteiger partial charge in [0.2, 0.25) is 10.0 Å². The van der Waals surface area contributed by atoms with Gasteiger partial charge in [-0.05, 0) is 55.0 Å². The van der Waals surface area contributed by atoms with Crippen molar-refractivity contribution in [1.82, 2.24) is 0 Å². The van der Waals surface area contributed by atoms with Crippen LogP contribution >= 0.6 is 11.8 Å². The lowest BCUT2D eigenvalue weighted by Gasteiger charge is -2.24. The Morgan fingerprint density at radius 3 is 2.53 bits per heavy atom. The summed E-state index contributed by atoms with van der Waals surface area (Å²) in [5, 5.41) is 3.52. The summed E-state index contributed by atoms with van der Waals surface area (Å²) < 4.78 is 25.0. The van der Waals surface area contributed by atoms with Crippen molar-refractivity contribution in [3.63, 3.8) is 0 Å². The van der Waals surface area contributed by atoms with Crippen molar-refractivity contribution in [3.8, 4) is 0 Å². The van der Waals surface area contributed by atoms with Crippen molar-refractivity contribution >= 4 is 33.2 Å². The molecule has 0 aliphatic carbocycles. The molecule has 6 heteroatoms. The number of benzene rings is 1. The highest BCUT2D eigenvalue weighted by molar-refractivity contribution is 7.99. The van der Waals surface area contributed by atoms with E-state index in [1.54, 1.807) is 0 Å². The molecule has 1 aromatic rings. The third kappa shape index (κ3) is 4.62. The maximum atomic E-state index is 11.2. The monoisotopic (exact) mass is 300 g/mol. The van der Waals surface area contributed by atoms with E-state index in [0.29, 0.717) is 11.7 Å². The number of anilines is 2. The molecular formula is C13H20N2O2S2. The van der Waals surface area contributed by atoms with E-state index in [1.807, 2.05) is 36.9 Å². The molecule has 106 valence electrons. The van der Waals surface area contributed by atoms with Crippen LogP contribution < -0.4 is 10.0 Å². The number of thioether (sulfide) groups is 1.